The van der Waals surface area contributed by atoms with Crippen LogP contribution in [-0.4, -0.2) is 9.67 Å². The van der Waals surface area contributed by atoms with Crippen LogP contribution in [0.25, 0.3) is 10.9 Å². The smallest absolute Gasteiger partial charge is 0.116 e. The van der Waals surface area contributed by atoms with Crippen molar-refractivity contribution in [2.45, 2.75) is 6.92 Å². The van der Waals surface area contributed by atoms with Gasteiger partial charge in [0.25, 0.3) is 0 Å². The molecule has 0 bridgehead atoms. The lowest BCUT2D eigenvalue weighted by Crippen LogP contribution is -1.85. The first-order valence-corrected chi connectivity index (χ1v) is 4.42. The Labute approximate surface area is 81.4 Å². The molecule has 0 aliphatic carbocycles. The number of hydrogen-bond donors (Lipinski definition) is 1. The summed E-state index contributed by atoms with van der Waals surface area (Å²) in [6, 6.07) is 5.26. The third kappa shape index (κ3) is 1.10. The second-order valence-electron chi connectivity index (χ2n) is 3.18. The van der Waals surface area contributed by atoms with Gasteiger partial charge in [-0.05, 0) is 30.7 Å². The first-order valence-electron chi connectivity index (χ1n) is 4.05. The molecule has 1 N–H and O–H groups in total. The summed E-state index contributed by atoms with van der Waals surface area (Å²) < 4.78 is 1.91. The number of phenols is 1. The van der Waals surface area contributed by atoms with Gasteiger partial charge in [-0.25, -0.2) is 0 Å². The van der Waals surface area contributed by atoms with Gasteiger partial charge in [0.15, 0.2) is 0 Å². The second kappa shape index (κ2) is 2.67. The minimum atomic E-state index is 0.276. The van der Waals surface area contributed by atoms with Gasteiger partial charge in [-0.2, -0.15) is 0 Å². The molecular weight excluding hydrogens is 186 g/mol. The molecule has 68 valence electrons. The van der Waals surface area contributed by atoms with Crippen molar-refractivity contribution in [1.82, 2.24) is 4.57 Å². The van der Waals surface area contributed by atoms with Crippen LogP contribution in [0.3, 0.4) is 0 Å². The van der Waals surface area contributed by atoms with Crippen LogP contribution in [0.2, 0.25) is 5.15 Å². The molecule has 3 heteroatoms. The summed E-state index contributed by atoms with van der Waals surface area (Å²) in [5, 5.41) is 11.0. The summed E-state index contributed by atoms with van der Waals surface area (Å²) in [6.07, 6.45) is 0. The first kappa shape index (κ1) is 8.45. The summed E-state index contributed by atoms with van der Waals surface area (Å²) in [7, 11) is 1.91. The van der Waals surface area contributed by atoms with Crippen molar-refractivity contribution < 1.29 is 5.11 Å². The van der Waals surface area contributed by atoms with Crippen LogP contribution < -0.4 is 0 Å². The molecule has 0 spiro atoms. The summed E-state index contributed by atoms with van der Waals surface area (Å²) in [6.45, 7) is 1.95. The van der Waals surface area contributed by atoms with E-state index in [0.717, 1.165) is 21.6 Å². The Hall–Kier alpha value is -1.15. The maximum absolute atomic E-state index is 9.30. The van der Waals surface area contributed by atoms with Crippen LogP contribution >= 0.6 is 11.6 Å². The fourth-order valence-corrected chi connectivity index (χ4v) is 1.78. The van der Waals surface area contributed by atoms with Crippen LogP contribution in [0.1, 0.15) is 5.56 Å². The Morgan fingerprint density at radius 1 is 1.38 bits per heavy atom. The van der Waals surface area contributed by atoms with E-state index in [0.29, 0.717) is 0 Å². The minimum Gasteiger partial charge on any atom is -0.508 e. The monoisotopic (exact) mass is 195 g/mol. The number of rotatable bonds is 0. The Balaban J connectivity index is 2.95. The zero-order valence-corrected chi connectivity index (χ0v) is 8.26. The van der Waals surface area contributed by atoms with Gasteiger partial charge in [0.1, 0.15) is 10.9 Å². The summed E-state index contributed by atoms with van der Waals surface area (Å²) in [5.41, 5.74) is 2.05. The lowest BCUT2D eigenvalue weighted by atomic mass is 10.2. The lowest BCUT2D eigenvalue weighted by Gasteiger charge is -1.96. The highest BCUT2D eigenvalue weighted by Crippen LogP contribution is 2.30. The molecule has 0 radical (unpaired) electrons. The van der Waals surface area contributed by atoms with E-state index in [9.17, 15) is 5.11 Å². The molecule has 2 rings (SSSR count). The highest BCUT2D eigenvalue weighted by atomic mass is 35.5. The van der Waals surface area contributed by atoms with Crippen molar-refractivity contribution in [2.75, 3.05) is 0 Å². The number of halogens is 1. The minimum absolute atomic E-state index is 0.276. The molecule has 0 fully saturated rings. The Kier molecular flexibility index (Phi) is 1.74. The van der Waals surface area contributed by atoms with Crippen molar-refractivity contribution in [3.63, 3.8) is 0 Å². The fourth-order valence-electron chi connectivity index (χ4n) is 1.59. The van der Waals surface area contributed by atoms with Crippen molar-refractivity contribution in [3.05, 3.63) is 28.9 Å². The van der Waals surface area contributed by atoms with Gasteiger partial charge in [-0.3, -0.25) is 0 Å². The molecule has 13 heavy (non-hydrogen) atoms. The third-order valence-electron chi connectivity index (χ3n) is 2.35. The highest BCUT2D eigenvalue weighted by Gasteiger charge is 2.09. The summed E-state index contributed by atoms with van der Waals surface area (Å²) in [5.74, 6) is 0.276. The first-order chi connectivity index (χ1) is 6.11. The van der Waals surface area contributed by atoms with Gasteiger partial charge >= 0.3 is 0 Å². The van der Waals surface area contributed by atoms with Crippen LogP contribution in [0.15, 0.2) is 18.2 Å². The molecule has 0 amide bonds. The Morgan fingerprint density at radius 3 is 2.77 bits per heavy atom. The Bertz CT molecular complexity index is 473. The zero-order valence-electron chi connectivity index (χ0n) is 7.50. The second-order valence-corrected chi connectivity index (χ2v) is 3.53. The number of aromatic nitrogens is 1. The topological polar surface area (TPSA) is 25.2 Å². The van der Waals surface area contributed by atoms with Crippen LogP contribution in [0.4, 0.5) is 0 Å². The molecule has 1 heterocycles. The van der Waals surface area contributed by atoms with Crippen LogP contribution in [0, 0.1) is 6.92 Å². The van der Waals surface area contributed by atoms with E-state index in [-0.39, 0.29) is 5.75 Å². The molecule has 0 saturated heterocycles. The van der Waals surface area contributed by atoms with E-state index >= 15 is 0 Å². The number of phenolic OH excluding ortho intramolecular Hbond substituents is 1. The quantitative estimate of drug-likeness (QED) is 0.687. The standard InChI is InChI=1S/C10H10ClNO/c1-6-8-5-7(13)3-4-9(8)12(2)10(6)11/h3-5,13H,1-2H3. The molecule has 1 aromatic heterocycles. The zero-order chi connectivity index (χ0) is 9.59. The van der Waals surface area contributed by atoms with Gasteiger partial charge in [-0.1, -0.05) is 11.6 Å². The van der Waals surface area contributed by atoms with Crippen LogP contribution in [-0.2, 0) is 7.05 Å². The predicted molar refractivity (Wildman–Crippen MR) is 54.3 cm³/mol. The maximum Gasteiger partial charge on any atom is 0.116 e. The van der Waals surface area contributed by atoms with E-state index in [1.54, 1.807) is 12.1 Å². The SMILES string of the molecule is Cc1c(Cl)n(C)c2ccc(O)cc12. The largest absolute Gasteiger partial charge is 0.508 e. The average Bonchev–Trinajstić information content (AvgIpc) is 2.32. The van der Waals surface area contributed by atoms with E-state index in [2.05, 4.69) is 0 Å². The average molecular weight is 196 g/mol. The van der Waals surface area contributed by atoms with Gasteiger partial charge in [0, 0.05) is 18.0 Å². The molecule has 1 aromatic carbocycles. The Morgan fingerprint density at radius 2 is 2.08 bits per heavy atom. The molecule has 0 aliphatic heterocycles. The van der Waals surface area contributed by atoms with E-state index in [4.69, 9.17) is 11.6 Å². The van der Waals surface area contributed by atoms with Crippen molar-refractivity contribution in [1.29, 1.82) is 0 Å². The number of hydrogen-bond acceptors (Lipinski definition) is 1. The third-order valence-corrected chi connectivity index (χ3v) is 2.89. The van der Waals surface area contributed by atoms with Gasteiger partial charge < -0.3 is 9.67 Å². The molecule has 0 saturated carbocycles. The van der Waals surface area contributed by atoms with Crippen molar-refractivity contribution in [3.8, 4) is 5.75 Å². The van der Waals surface area contributed by atoms with E-state index in [1.807, 2.05) is 24.6 Å². The molecule has 0 aliphatic rings. The lowest BCUT2D eigenvalue weighted by molar-refractivity contribution is 0.476. The normalized spacial score (nSPS) is 11.0. The number of aromatic hydroxyl groups is 1. The maximum atomic E-state index is 9.30. The number of nitrogens with zero attached hydrogens (tertiary/aromatic N) is 1. The molecule has 2 aromatic rings. The van der Waals surface area contributed by atoms with Gasteiger partial charge in [0.2, 0.25) is 0 Å². The molecule has 0 unspecified atom stereocenters. The number of benzene rings is 1. The van der Waals surface area contributed by atoms with E-state index in [1.165, 1.54) is 0 Å². The van der Waals surface area contributed by atoms with Gasteiger partial charge in [-0.15, -0.1) is 0 Å². The number of aryl methyl sites for hydroxylation is 2. The van der Waals surface area contributed by atoms with E-state index < -0.39 is 0 Å². The fraction of sp³-hybridized carbons (Fsp3) is 0.200. The predicted octanol–water partition coefficient (Wildman–Crippen LogP) is 2.85. The summed E-state index contributed by atoms with van der Waals surface area (Å²) >= 11 is 6.05. The molecule has 2 nitrogen and oxygen atoms in total. The summed E-state index contributed by atoms with van der Waals surface area (Å²) in [4.78, 5) is 0. The van der Waals surface area contributed by atoms with Crippen molar-refractivity contribution >= 4 is 22.5 Å². The molecular formula is C10H10ClNO. The number of fused-ring (bicyclic) bond motifs is 1. The highest BCUT2D eigenvalue weighted by molar-refractivity contribution is 6.32. The van der Waals surface area contributed by atoms with Crippen molar-refractivity contribution in [2.24, 2.45) is 7.05 Å². The van der Waals surface area contributed by atoms with Crippen LogP contribution in [0.5, 0.6) is 5.75 Å². The van der Waals surface area contributed by atoms with Gasteiger partial charge in [0.05, 0.1) is 0 Å². The molecule has 0 atom stereocenters.